The molecule has 0 aromatic rings. The number of carbonyl (C=O) groups excluding carboxylic acids is 1. The molecule has 0 aromatic carbocycles. The minimum atomic E-state index is -0.427. The first-order valence-electron chi connectivity index (χ1n) is 6.00. The Hall–Kier alpha value is -0.610. The van der Waals surface area contributed by atoms with Gasteiger partial charge < -0.3 is 14.8 Å². The molecule has 94 valence electrons. The van der Waals surface area contributed by atoms with Crippen LogP contribution in [0.3, 0.4) is 0 Å². The summed E-state index contributed by atoms with van der Waals surface area (Å²) in [6.45, 7) is 7.27. The maximum atomic E-state index is 11.3. The average molecular weight is 229 g/mol. The second-order valence-corrected chi connectivity index (χ2v) is 5.25. The van der Waals surface area contributed by atoms with Gasteiger partial charge in [-0.3, -0.25) is 0 Å². The van der Waals surface area contributed by atoms with Crippen molar-refractivity contribution in [3.8, 4) is 0 Å². The van der Waals surface area contributed by atoms with E-state index in [2.05, 4.69) is 5.32 Å². The molecule has 0 bridgehead atoms. The Labute approximate surface area is 97.7 Å². The number of esters is 1. The van der Waals surface area contributed by atoms with Gasteiger partial charge in [0.1, 0.15) is 12.2 Å². The Bertz CT molecular complexity index is 217. The first kappa shape index (κ1) is 13.5. The van der Waals surface area contributed by atoms with Gasteiger partial charge in [0.2, 0.25) is 0 Å². The molecule has 0 aromatic heterocycles. The summed E-state index contributed by atoms with van der Waals surface area (Å²) in [5.41, 5.74) is -0.427. The highest BCUT2D eigenvalue weighted by Gasteiger charge is 2.17. The van der Waals surface area contributed by atoms with Gasteiger partial charge in [-0.2, -0.15) is 0 Å². The first-order chi connectivity index (χ1) is 7.47. The molecule has 1 saturated heterocycles. The number of carbonyl (C=O) groups is 1. The lowest BCUT2D eigenvalue weighted by molar-refractivity contribution is -0.160. The number of nitrogens with one attached hydrogen (secondary N) is 1. The molecule has 1 N–H and O–H groups in total. The van der Waals surface area contributed by atoms with Crippen molar-refractivity contribution < 1.29 is 14.3 Å². The fraction of sp³-hybridized carbons (Fsp3) is 0.917. The van der Waals surface area contributed by atoms with Gasteiger partial charge in [0.15, 0.2) is 0 Å². The van der Waals surface area contributed by atoms with Gasteiger partial charge >= 0.3 is 5.97 Å². The third-order valence-corrected chi connectivity index (χ3v) is 2.37. The number of rotatable bonds is 4. The van der Waals surface area contributed by atoms with Crippen LogP contribution in [0.15, 0.2) is 0 Å². The molecular formula is C12H23NO3. The molecule has 1 atom stereocenters. The SMILES string of the molecule is CC(C)(C)OC(=O)COC[C@@H]1CCCCN1. The maximum Gasteiger partial charge on any atom is 0.332 e. The summed E-state index contributed by atoms with van der Waals surface area (Å²) in [6, 6.07) is 0.399. The molecule has 1 aliphatic heterocycles. The predicted octanol–water partition coefficient (Wildman–Crippen LogP) is 1.49. The number of ether oxygens (including phenoxy) is 2. The van der Waals surface area contributed by atoms with Crippen LogP contribution in [0.1, 0.15) is 40.0 Å². The summed E-state index contributed by atoms with van der Waals surface area (Å²) in [6.07, 6.45) is 3.62. The Morgan fingerprint density at radius 1 is 1.38 bits per heavy atom. The van der Waals surface area contributed by atoms with Crippen LogP contribution in [-0.2, 0) is 14.3 Å². The molecule has 16 heavy (non-hydrogen) atoms. The largest absolute Gasteiger partial charge is 0.458 e. The topological polar surface area (TPSA) is 47.6 Å². The molecule has 0 aliphatic carbocycles. The number of hydrogen-bond donors (Lipinski definition) is 1. The number of hydrogen-bond acceptors (Lipinski definition) is 4. The Balaban J connectivity index is 2.08. The van der Waals surface area contributed by atoms with Crippen LogP contribution in [0.2, 0.25) is 0 Å². The summed E-state index contributed by atoms with van der Waals surface area (Å²) >= 11 is 0. The van der Waals surface area contributed by atoms with E-state index in [-0.39, 0.29) is 12.6 Å². The van der Waals surface area contributed by atoms with Crippen molar-refractivity contribution in [2.24, 2.45) is 0 Å². The molecule has 1 aliphatic rings. The van der Waals surface area contributed by atoms with E-state index in [0.717, 1.165) is 13.0 Å². The molecule has 0 radical (unpaired) electrons. The summed E-state index contributed by atoms with van der Waals surface area (Å²) in [5.74, 6) is -0.289. The van der Waals surface area contributed by atoms with Crippen LogP contribution in [0.5, 0.6) is 0 Å². The van der Waals surface area contributed by atoms with Crippen LogP contribution in [-0.4, -0.2) is 37.4 Å². The van der Waals surface area contributed by atoms with E-state index in [0.29, 0.717) is 12.6 Å². The van der Waals surface area contributed by atoms with Crippen molar-refractivity contribution in [3.05, 3.63) is 0 Å². The third-order valence-electron chi connectivity index (χ3n) is 2.37. The first-order valence-corrected chi connectivity index (χ1v) is 6.00. The lowest BCUT2D eigenvalue weighted by atomic mass is 10.1. The van der Waals surface area contributed by atoms with E-state index in [1.807, 2.05) is 20.8 Å². The minimum Gasteiger partial charge on any atom is -0.458 e. The van der Waals surface area contributed by atoms with Gasteiger partial charge in [-0.05, 0) is 40.2 Å². The molecule has 0 unspecified atom stereocenters. The maximum absolute atomic E-state index is 11.3. The average Bonchev–Trinajstić information content (AvgIpc) is 2.16. The second kappa shape index (κ2) is 6.21. The molecule has 1 rings (SSSR count). The minimum absolute atomic E-state index is 0.0510. The van der Waals surface area contributed by atoms with E-state index < -0.39 is 5.60 Å². The standard InChI is InChI=1S/C12H23NO3/c1-12(2,3)16-11(14)9-15-8-10-6-4-5-7-13-10/h10,13H,4-9H2,1-3H3/t10-/m0/s1. The molecule has 0 saturated carbocycles. The molecule has 0 spiro atoms. The lowest BCUT2D eigenvalue weighted by Gasteiger charge is -2.23. The van der Waals surface area contributed by atoms with Crippen LogP contribution in [0, 0.1) is 0 Å². The molecule has 0 amide bonds. The van der Waals surface area contributed by atoms with E-state index >= 15 is 0 Å². The quantitative estimate of drug-likeness (QED) is 0.742. The van der Waals surface area contributed by atoms with E-state index in [1.54, 1.807) is 0 Å². The zero-order valence-electron chi connectivity index (χ0n) is 10.5. The van der Waals surface area contributed by atoms with E-state index in [9.17, 15) is 4.79 Å². The Morgan fingerprint density at radius 3 is 2.69 bits per heavy atom. The highest BCUT2D eigenvalue weighted by atomic mass is 16.6. The summed E-state index contributed by atoms with van der Waals surface area (Å²) in [7, 11) is 0. The van der Waals surface area contributed by atoms with Gasteiger partial charge in [-0.25, -0.2) is 4.79 Å². The van der Waals surface area contributed by atoms with Crippen molar-refractivity contribution in [3.63, 3.8) is 0 Å². The fourth-order valence-electron chi connectivity index (χ4n) is 1.72. The Morgan fingerprint density at radius 2 is 2.12 bits per heavy atom. The van der Waals surface area contributed by atoms with Crippen LogP contribution >= 0.6 is 0 Å². The van der Waals surface area contributed by atoms with Crippen molar-refractivity contribution in [2.45, 2.75) is 51.7 Å². The van der Waals surface area contributed by atoms with Crippen molar-refractivity contribution in [2.75, 3.05) is 19.8 Å². The van der Waals surface area contributed by atoms with Crippen molar-refractivity contribution >= 4 is 5.97 Å². The molecular weight excluding hydrogens is 206 g/mol. The van der Waals surface area contributed by atoms with Gasteiger partial charge in [-0.15, -0.1) is 0 Å². The van der Waals surface area contributed by atoms with Gasteiger partial charge in [0.05, 0.1) is 6.61 Å². The smallest absolute Gasteiger partial charge is 0.332 e. The molecule has 4 nitrogen and oxygen atoms in total. The van der Waals surface area contributed by atoms with Gasteiger partial charge in [0, 0.05) is 6.04 Å². The number of piperidine rings is 1. The third kappa shape index (κ3) is 6.08. The highest BCUT2D eigenvalue weighted by molar-refractivity contribution is 5.71. The summed E-state index contributed by atoms with van der Waals surface area (Å²) in [5, 5.41) is 3.36. The zero-order valence-corrected chi connectivity index (χ0v) is 10.5. The normalized spacial score (nSPS) is 21.8. The second-order valence-electron chi connectivity index (χ2n) is 5.25. The van der Waals surface area contributed by atoms with Crippen LogP contribution < -0.4 is 5.32 Å². The van der Waals surface area contributed by atoms with Crippen LogP contribution in [0.4, 0.5) is 0 Å². The molecule has 1 fully saturated rings. The lowest BCUT2D eigenvalue weighted by Crippen LogP contribution is -2.38. The van der Waals surface area contributed by atoms with Crippen molar-refractivity contribution in [1.82, 2.24) is 5.32 Å². The van der Waals surface area contributed by atoms with Gasteiger partial charge in [0.25, 0.3) is 0 Å². The van der Waals surface area contributed by atoms with Crippen molar-refractivity contribution in [1.29, 1.82) is 0 Å². The fourth-order valence-corrected chi connectivity index (χ4v) is 1.72. The predicted molar refractivity (Wildman–Crippen MR) is 62.3 cm³/mol. The van der Waals surface area contributed by atoms with Gasteiger partial charge in [-0.1, -0.05) is 6.42 Å². The van der Waals surface area contributed by atoms with Crippen LogP contribution in [0.25, 0.3) is 0 Å². The summed E-state index contributed by atoms with van der Waals surface area (Å²) < 4.78 is 10.5. The molecule has 1 heterocycles. The highest BCUT2D eigenvalue weighted by Crippen LogP contribution is 2.08. The monoisotopic (exact) mass is 229 g/mol. The van der Waals surface area contributed by atoms with E-state index in [1.165, 1.54) is 12.8 Å². The zero-order chi connectivity index (χ0) is 12.0. The molecule has 4 heteroatoms. The van der Waals surface area contributed by atoms with E-state index in [4.69, 9.17) is 9.47 Å². The summed E-state index contributed by atoms with van der Waals surface area (Å²) in [4.78, 5) is 11.3. The Kier molecular flexibility index (Phi) is 5.22.